The summed E-state index contributed by atoms with van der Waals surface area (Å²) in [5.74, 6) is 0.632. The Kier molecular flexibility index (Phi) is 6.85. The van der Waals surface area contributed by atoms with Crippen molar-refractivity contribution in [2.75, 3.05) is 18.5 Å². The van der Waals surface area contributed by atoms with Crippen LogP contribution in [0.3, 0.4) is 0 Å². The number of hydrogen-bond donors (Lipinski definition) is 1. The predicted octanol–water partition coefficient (Wildman–Crippen LogP) is 4.85. The van der Waals surface area contributed by atoms with Crippen molar-refractivity contribution in [1.82, 2.24) is 14.9 Å². The van der Waals surface area contributed by atoms with Crippen LogP contribution in [0.15, 0.2) is 24.5 Å². The second kappa shape index (κ2) is 9.62. The average Bonchev–Trinajstić information content (AvgIpc) is 2.71. The van der Waals surface area contributed by atoms with Gasteiger partial charge in [0, 0.05) is 18.1 Å². The number of carbonyl (C=O) groups is 1. The first-order valence-electron chi connectivity index (χ1n) is 10.9. The first-order valence-corrected chi connectivity index (χ1v) is 11.8. The number of nitrogens with zero attached hydrogens (tertiary/aromatic N) is 3. The largest absolute Gasteiger partial charge is 0.474 e. The third-order valence-electron chi connectivity index (χ3n) is 5.72. The van der Waals surface area contributed by atoms with Gasteiger partial charge in [-0.15, -0.1) is 0 Å². The molecular weight excluding hydrogens is 431 g/mol. The number of aryl methyl sites for hydroxylation is 1. The minimum absolute atomic E-state index is 0.00681. The van der Waals surface area contributed by atoms with E-state index >= 15 is 0 Å². The predicted molar refractivity (Wildman–Crippen MR) is 123 cm³/mol. The summed E-state index contributed by atoms with van der Waals surface area (Å²) in [7, 11) is 0. The van der Waals surface area contributed by atoms with Crippen LogP contribution in [-0.2, 0) is 4.74 Å². The molecule has 2 aromatic rings. The van der Waals surface area contributed by atoms with Crippen molar-refractivity contribution >= 4 is 28.5 Å². The zero-order valence-corrected chi connectivity index (χ0v) is 19.6. The molecule has 2 atom stereocenters. The number of amides is 1. The van der Waals surface area contributed by atoms with Crippen LogP contribution in [0.1, 0.15) is 37.8 Å². The Labute approximate surface area is 192 Å². The highest BCUT2D eigenvalue weighted by Crippen LogP contribution is 2.34. The molecule has 1 amide bonds. The second-order valence-electron chi connectivity index (χ2n) is 8.66. The number of thioether (sulfide) groups is 1. The van der Waals surface area contributed by atoms with E-state index in [4.69, 9.17) is 9.47 Å². The molecule has 4 rings (SSSR count). The Morgan fingerprint density at radius 3 is 2.62 bits per heavy atom. The summed E-state index contributed by atoms with van der Waals surface area (Å²) < 4.78 is 26.3. The summed E-state index contributed by atoms with van der Waals surface area (Å²) in [6.45, 7) is 8.78. The van der Waals surface area contributed by atoms with E-state index in [1.165, 1.54) is 24.2 Å². The van der Waals surface area contributed by atoms with E-state index in [1.54, 1.807) is 6.07 Å². The highest BCUT2D eigenvalue weighted by molar-refractivity contribution is 8.14. The van der Waals surface area contributed by atoms with Crippen LogP contribution in [0.5, 0.6) is 5.88 Å². The van der Waals surface area contributed by atoms with E-state index < -0.39 is 0 Å². The number of anilines is 2. The molecule has 2 aliphatic rings. The molecule has 1 aromatic heterocycles. The van der Waals surface area contributed by atoms with Gasteiger partial charge in [-0.2, -0.15) is 0 Å². The molecule has 7 nitrogen and oxygen atoms in total. The monoisotopic (exact) mass is 460 g/mol. The van der Waals surface area contributed by atoms with Gasteiger partial charge in [0.05, 0.1) is 36.5 Å². The van der Waals surface area contributed by atoms with Gasteiger partial charge in [-0.05, 0) is 31.5 Å². The zero-order chi connectivity index (χ0) is 22.8. The Bertz CT molecular complexity index is 976. The molecule has 9 heteroatoms. The van der Waals surface area contributed by atoms with Crippen LogP contribution < -0.4 is 10.1 Å². The lowest BCUT2D eigenvalue weighted by Crippen LogP contribution is -2.60. The lowest BCUT2D eigenvalue weighted by atomic mass is 9.92. The van der Waals surface area contributed by atoms with E-state index in [9.17, 15) is 9.18 Å². The summed E-state index contributed by atoms with van der Waals surface area (Å²) in [4.78, 5) is 23.3. The normalized spacial score (nSPS) is 22.7. The van der Waals surface area contributed by atoms with Gasteiger partial charge in [0.15, 0.2) is 0 Å². The number of carbonyl (C=O) groups excluding carboxylic acids is 1. The first-order chi connectivity index (χ1) is 15.3. The van der Waals surface area contributed by atoms with Gasteiger partial charge >= 0.3 is 0 Å². The summed E-state index contributed by atoms with van der Waals surface area (Å²) in [6, 6.07) is 4.99. The minimum Gasteiger partial charge on any atom is -0.474 e. The van der Waals surface area contributed by atoms with Crippen molar-refractivity contribution in [2.24, 2.45) is 0 Å². The van der Waals surface area contributed by atoms with Crippen molar-refractivity contribution in [3.8, 4) is 5.88 Å². The van der Waals surface area contributed by atoms with Crippen LogP contribution in [-0.4, -0.2) is 56.8 Å². The topological polar surface area (TPSA) is 76.6 Å². The molecule has 2 unspecified atom stereocenters. The van der Waals surface area contributed by atoms with Gasteiger partial charge in [-0.3, -0.25) is 4.79 Å². The molecule has 1 aromatic carbocycles. The molecule has 1 N–H and O–H groups in total. The van der Waals surface area contributed by atoms with Crippen LogP contribution in [0.2, 0.25) is 0 Å². The average molecular weight is 461 g/mol. The summed E-state index contributed by atoms with van der Waals surface area (Å²) in [5.41, 5.74) is 1.91. The molecule has 0 spiro atoms. The smallest absolute Gasteiger partial charge is 0.282 e. The van der Waals surface area contributed by atoms with Crippen molar-refractivity contribution in [2.45, 2.75) is 64.0 Å². The molecule has 32 heavy (non-hydrogen) atoms. The Balaban J connectivity index is 1.47. The van der Waals surface area contributed by atoms with Crippen LogP contribution in [0.25, 0.3) is 0 Å². The second-order valence-corrected chi connectivity index (χ2v) is 10.2. The molecular formula is C23H29FN4O3S. The van der Waals surface area contributed by atoms with Gasteiger partial charge in [0.2, 0.25) is 5.88 Å². The Hall–Kier alpha value is -2.39. The molecule has 2 aliphatic heterocycles. The molecule has 3 heterocycles. The summed E-state index contributed by atoms with van der Waals surface area (Å²) in [5, 5.41) is 3.40. The number of morpholine rings is 1. The van der Waals surface area contributed by atoms with E-state index in [0.29, 0.717) is 49.0 Å². The number of nitrogens with one attached hydrogen (secondary N) is 1. The van der Waals surface area contributed by atoms with Gasteiger partial charge in [0.1, 0.15) is 24.1 Å². The SMILES string of the molecule is Cc1ccc(Nc2ncnc(OC3CC4COCC(C3)N4C(=O)SC(C)C)c2C)c(F)c1. The number of fused-ring (bicyclic) bond motifs is 2. The number of piperidine rings is 1. The third kappa shape index (κ3) is 4.99. The number of benzene rings is 1. The molecule has 2 fully saturated rings. The summed E-state index contributed by atoms with van der Waals surface area (Å²) >= 11 is 1.36. The Morgan fingerprint density at radius 1 is 1.25 bits per heavy atom. The van der Waals surface area contributed by atoms with E-state index in [-0.39, 0.29) is 34.5 Å². The van der Waals surface area contributed by atoms with Gasteiger partial charge < -0.3 is 19.7 Å². The Morgan fingerprint density at radius 2 is 1.97 bits per heavy atom. The molecule has 2 bridgehead atoms. The fraction of sp³-hybridized carbons (Fsp3) is 0.522. The standard InChI is InChI=1S/C23H29FN4O3S/c1-13(2)32-23(29)28-16-8-18(9-17(28)11-30-10-16)31-22-15(4)21(25-12-26-22)27-20-6-5-14(3)7-19(20)24/h5-7,12-13,16-18H,8-11H2,1-4H3,(H,25,26,27). The van der Waals surface area contributed by atoms with E-state index in [0.717, 1.165) is 5.56 Å². The molecule has 172 valence electrons. The van der Waals surface area contributed by atoms with E-state index in [2.05, 4.69) is 15.3 Å². The number of hydrogen-bond acceptors (Lipinski definition) is 7. The molecule has 0 radical (unpaired) electrons. The van der Waals surface area contributed by atoms with Gasteiger partial charge in [0.25, 0.3) is 5.24 Å². The highest BCUT2D eigenvalue weighted by Gasteiger charge is 2.43. The number of halogens is 1. The van der Waals surface area contributed by atoms with Gasteiger partial charge in [-0.1, -0.05) is 31.7 Å². The molecule has 0 saturated carbocycles. The number of aromatic nitrogens is 2. The van der Waals surface area contributed by atoms with Crippen molar-refractivity contribution < 1.29 is 18.7 Å². The summed E-state index contributed by atoms with van der Waals surface area (Å²) in [6.07, 6.45) is 2.69. The number of rotatable bonds is 5. The van der Waals surface area contributed by atoms with E-state index in [1.807, 2.05) is 38.7 Å². The minimum atomic E-state index is -0.338. The molecule has 2 saturated heterocycles. The maximum atomic E-state index is 14.3. The lowest BCUT2D eigenvalue weighted by molar-refractivity contribution is -0.0738. The van der Waals surface area contributed by atoms with Crippen molar-refractivity contribution in [1.29, 1.82) is 0 Å². The van der Waals surface area contributed by atoms with Crippen LogP contribution in [0, 0.1) is 19.7 Å². The zero-order valence-electron chi connectivity index (χ0n) is 18.8. The van der Waals surface area contributed by atoms with Crippen LogP contribution >= 0.6 is 11.8 Å². The number of ether oxygens (including phenoxy) is 2. The van der Waals surface area contributed by atoms with Crippen molar-refractivity contribution in [3.05, 3.63) is 41.5 Å². The first kappa shape index (κ1) is 22.8. The quantitative estimate of drug-likeness (QED) is 0.684. The van der Waals surface area contributed by atoms with Crippen molar-refractivity contribution in [3.63, 3.8) is 0 Å². The maximum absolute atomic E-state index is 14.3. The third-order valence-corrected chi connectivity index (χ3v) is 6.60. The molecule has 0 aliphatic carbocycles. The van der Waals surface area contributed by atoms with Crippen LogP contribution in [0.4, 0.5) is 20.7 Å². The maximum Gasteiger partial charge on any atom is 0.282 e. The fourth-order valence-corrected chi connectivity index (χ4v) is 5.03. The highest BCUT2D eigenvalue weighted by atomic mass is 32.2. The van der Waals surface area contributed by atoms with Gasteiger partial charge in [-0.25, -0.2) is 14.4 Å². The fourth-order valence-electron chi connectivity index (χ4n) is 4.21. The lowest BCUT2D eigenvalue weighted by Gasteiger charge is -2.48.